The van der Waals surface area contributed by atoms with Crippen LogP contribution in [0.4, 0.5) is 0 Å². The fraction of sp³-hybridized carbons (Fsp3) is 0.200. The lowest BCUT2D eigenvalue weighted by Gasteiger charge is -2.20. The van der Waals surface area contributed by atoms with Crippen LogP contribution in [0.3, 0.4) is 0 Å². The Bertz CT molecular complexity index is 805. The molecular weight excluding hydrogens is 332 g/mol. The van der Waals surface area contributed by atoms with Gasteiger partial charge in [-0.3, -0.25) is 14.8 Å². The zero-order valence-corrected chi connectivity index (χ0v) is 14.3. The second-order valence-corrected chi connectivity index (χ2v) is 5.75. The van der Waals surface area contributed by atoms with Crippen molar-refractivity contribution in [3.63, 3.8) is 0 Å². The van der Waals surface area contributed by atoms with Gasteiger partial charge in [-0.05, 0) is 43.3 Å². The largest absolute Gasteiger partial charge is 0.391 e. The van der Waals surface area contributed by atoms with Crippen LogP contribution in [-0.4, -0.2) is 34.3 Å². The molecule has 6 heteroatoms. The van der Waals surface area contributed by atoms with E-state index in [1.165, 1.54) is 12.4 Å². The summed E-state index contributed by atoms with van der Waals surface area (Å²) in [5.41, 5.74) is 3.52. The number of hydroxylamine groups is 1. The summed E-state index contributed by atoms with van der Waals surface area (Å²) in [6, 6.07) is 15.4. The van der Waals surface area contributed by atoms with Crippen molar-refractivity contribution in [3.05, 3.63) is 71.3 Å². The number of benzene rings is 2. The molecule has 2 unspecified atom stereocenters. The molecule has 134 valence electrons. The fourth-order valence-corrected chi connectivity index (χ4v) is 2.21. The summed E-state index contributed by atoms with van der Waals surface area (Å²) in [5, 5.41) is 20.8. The van der Waals surface area contributed by atoms with Gasteiger partial charge in [0, 0.05) is 16.7 Å². The third-order valence-electron chi connectivity index (χ3n) is 3.70. The van der Waals surface area contributed by atoms with Gasteiger partial charge < -0.3 is 10.4 Å². The minimum Gasteiger partial charge on any atom is -0.391 e. The summed E-state index contributed by atoms with van der Waals surface area (Å²) in [6.07, 6.45) is -1.19. The lowest BCUT2D eigenvalue weighted by atomic mass is 10.1. The van der Waals surface area contributed by atoms with Crippen molar-refractivity contribution in [2.24, 2.45) is 0 Å². The maximum absolute atomic E-state index is 12.3. The number of aliphatic hydroxyl groups is 1. The molecule has 0 bridgehead atoms. The first-order valence-corrected chi connectivity index (χ1v) is 8.08. The second-order valence-electron chi connectivity index (χ2n) is 5.75. The van der Waals surface area contributed by atoms with Crippen LogP contribution in [0.25, 0.3) is 0 Å². The molecule has 2 aromatic carbocycles. The van der Waals surface area contributed by atoms with Gasteiger partial charge in [0.2, 0.25) is 5.91 Å². The molecule has 0 saturated carbocycles. The molecule has 0 fully saturated rings. The van der Waals surface area contributed by atoms with E-state index in [2.05, 4.69) is 17.2 Å². The molecule has 0 aromatic heterocycles. The summed E-state index contributed by atoms with van der Waals surface area (Å²) in [6.45, 7) is 1.46. The molecule has 0 heterocycles. The summed E-state index contributed by atoms with van der Waals surface area (Å²) in [5.74, 6) is 4.93. The Morgan fingerprint density at radius 1 is 1.00 bits per heavy atom. The number of carbonyl (C=O) groups excluding carboxylic acids is 2. The molecule has 0 aliphatic heterocycles. The van der Waals surface area contributed by atoms with E-state index in [0.29, 0.717) is 5.56 Å². The first kappa shape index (κ1) is 19.2. The highest BCUT2D eigenvalue weighted by Crippen LogP contribution is 2.07. The zero-order valence-electron chi connectivity index (χ0n) is 14.3. The number of hydrogen-bond acceptors (Lipinski definition) is 4. The Hall–Kier alpha value is -3.14. The molecule has 2 atom stereocenters. The van der Waals surface area contributed by atoms with Gasteiger partial charge in [0.05, 0.1) is 18.6 Å². The van der Waals surface area contributed by atoms with Crippen molar-refractivity contribution in [2.75, 3.05) is 0 Å². The van der Waals surface area contributed by atoms with Gasteiger partial charge in [-0.15, -0.1) is 0 Å². The SMILES string of the molecule is CC(O)C(CC(=O)NO)NC(=O)c1ccc(C#Cc2ccccc2)cc1. The third kappa shape index (κ3) is 5.74. The van der Waals surface area contributed by atoms with E-state index in [-0.39, 0.29) is 6.42 Å². The topological polar surface area (TPSA) is 98.7 Å². The Morgan fingerprint density at radius 2 is 1.58 bits per heavy atom. The maximum atomic E-state index is 12.3. The molecule has 2 amide bonds. The number of amides is 2. The highest BCUT2D eigenvalue weighted by atomic mass is 16.5. The smallest absolute Gasteiger partial charge is 0.251 e. The molecule has 0 spiro atoms. The molecule has 0 saturated heterocycles. The number of carbonyl (C=O) groups is 2. The van der Waals surface area contributed by atoms with Crippen LogP contribution in [0.1, 0.15) is 34.8 Å². The van der Waals surface area contributed by atoms with E-state index in [0.717, 1.165) is 11.1 Å². The van der Waals surface area contributed by atoms with E-state index >= 15 is 0 Å². The van der Waals surface area contributed by atoms with Crippen LogP contribution in [0.5, 0.6) is 0 Å². The van der Waals surface area contributed by atoms with Gasteiger partial charge in [-0.2, -0.15) is 0 Å². The Morgan fingerprint density at radius 3 is 2.12 bits per heavy atom. The summed E-state index contributed by atoms with van der Waals surface area (Å²) in [4.78, 5) is 23.5. The highest BCUT2D eigenvalue weighted by molar-refractivity contribution is 5.94. The third-order valence-corrected chi connectivity index (χ3v) is 3.70. The summed E-state index contributed by atoms with van der Waals surface area (Å²) >= 11 is 0. The van der Waals surface area contributed by atoms with E-state index in [1.54, 1.807) is 24.3 Å². The van der Waals surface area contributed by atoms with Gasteiger partial charge in [-0.1, -0.05) is 30.0 Å². The van der Waals surface area contributed by atoms with E-state index in [4.69, 9.17) is 5.21 Å². The lowest BCUT2D eigenvalue weighted by molar-refractivity contribution is -0.130. The molecule has 2 rings (SSSR count). The zero-order chi connectivity index (χ0) is 18.9. The van der Waals surface area contributed by atoms with E-state index in [9.17, 15) is 14.7 Å². The molecule has 6 nitrogen and oxygen atoms in total. The van der Waals surface area contributed by atoms with Crippen molar-refractivity contribution in [3.8, 4) is 11.8 Å². The quantitative estimate of drug-likeness (QED) is 0.372. The van der Waals surface area contributed by atoms with Crippen LogP contribution in [0.15, 0.2) is 54.6 Å². The van der Waals surface area contributed by atoms with Gasteiger partial charge >= 0.3 is 0 Å². The minimum absolute atomic E-state index is 0.236. The van der Waals surface area contributed by atoms with Crippen molar-refractivity contribution in [2.45, 2.75) is 25.5 Å². The van der Waals surface area contributed by atoms with E-state index in [1.807, 2.05) is 30.3 Å². The molecule has 0 aliphatic rings. The van der Waals surface area contributed by atoms with Crippen molar-refractivity contribution < 1.29 is 19.9 Å². The molecule has 0 aliphatic carbocycles. The van der Waals surface area contributed by atoms with Gasteiger partial charge in [0.15, 0.2) is 0 Å². The standard InChI is InChI=1S/C20H20N2O4/c1-14(23)18(13-19(24)22-26)21-20(25)17-11-9-16(10-12-17)8-7-15-5-3-2-4-6-15/h2-6,9-12,14,18,23,26H,13H2,1H3,(H,21,25)(H,22,24). The van der Waals surface area contributed by atoms with Crippen LogP contribution in [0.2, 0.25) is 0 Å². The number of rotatable bonds is 5. The number of hydrogen-bond donors (Lipinski definition) is 4. The molecule has 4 N–H and O–H groups in total. The van der Waals surface area contributed by atoms with E-state index < -0.39 is 24.0 Å². The first-order valence-electron chi connectivity index (χ1n) is 8.08. The van der Waals surface area contributed by atoms with Gasteiger partial charge in [-0.25, -0.2) is 5.48 Å². The van der Waals surface area contributed by atoms with Gasteiger partial charge in [0.1, 0.15) is 0 Å². The Labute approximate surface area is 151 Å². The lowest BCUT2D eigenvalue weighted by Crippen LogP contribution is -2.45. The average Bonchev–Trinajstić information content (AvgIpc) is 2.66. The van der Waals surface area contributed by atoms with Crippen LogP contribution in [-0.2, 0) is 4.79 Å². The monoisotopic (exact) mass is 352 g/mol. The molecular formula is C20H20N2O4. The fourth-order valence-electron chi connectivity index (χ4n) is 2.21. The van der Waals surface area contributed by atoms with Crippen LogP contribution in [0, 0.1) is 11.8 Å². The van der Waals surface area contributed by atoms with Crippen molar-refractivity contribution in [1.29, 1.82) is 0 Å². The predicted octanol–water partition coefficient (Wildman–Crippen LogP) is 1.46. The van der Waals surface area contributed by atoms with Crippen LogP contribution < -0.4 is 10.8 Å². The molecule has 0 radical (unpaired) electrons. The van der Waals surface area contributed by atoms with Crippen molar-refractivity contribution >= 4 is 11.8 Å². The Kier molecular flexibility index (Phi) is 6.92. The normalized spacial score (nSPS) is 12.3. The average molecular weight is 352 g/mol. The van der Waals surface area contributed by atoms with Gasteiger partial charge in [0.25, 0.3) is 5.91 Å². The predicted molar refractivity (Wildman–Crippen MR) is 96.3 cm³/mol. The van der Waals surface area contributed by atoms with Crippen LogP contribution >= 0.6 is 0 Å². The summed E-state index contributed by atoms with van der Waals surface area (Å²) in [7, 11) is 0. The Balaban J connectivity index is 2.04. The summed E-state index contributed by atoms with van der Waals surface area (Å²) < 4.78 is 0. The molecule has 2 aromatic rings. The molecule has 26 heavy (non-hydrogen) atoms. The maximum Gasteiger partial charge on any atom is 0.251 e. The number of aliphatic hydroxyl groups excluding tert-OH is 1. The first-order chi connectivity index (χ1) is 12.5. The van der Waals surface area contributed by atoms with Crippen molar-refractivity contribution in [1.82, 2.24) is 10.8 Å². The highest BCUT2D eigenvalue weighted by Gasteiger charge is 2.21. The number of nitrogens with one attached hydrogen (secondary N) is 2. The second kappa shape index (κ2) is 9.37. The minimum atomic E-state index is -0.952.